The molecule has 1 heterocycles. The molecule has 1 aromatic heterocycles. The van der Waals surface area contributed by atoms with Gasteiger partial charge in [-0.15, -0.1) is 0 Å². The van der Waals surface area contributed by atoms with Gasteiger partial charge >= 0.3 is 0 Å². The lowest BCUT2D eigenvalue weighted by atomic mass is 9.95. The minimum atomic E-state index is -0.452. The number of hydrogen-bond acceptors (Lipinski definition) is 4. The zero-order valence-corrected chi connectivity index (χ0v) is 16.8. The predicted molar refractivity (Wildman–Crippen MR) is 116 cm³/mol. The number of benzene rings is 2. The smallest absolute Gasteiger partial charge is 0.280 e. The van der Waals surface area contributed by atoms with E-state index in [1.807, 2.05) is 67.6 Å². The first-order chi connectivity index (χ1) is 14.7. The summed E-state index contributed by atoms with van der Waals surface area (Å²) in [7, 11) is 0. The van der Waals surface area contributed by atoms with Crippen molar-refractivity contribution in [2.45, 2.75) is 19.9 Å². The van der Waals surface area contributed by atoms with Gasteiger partial charge in [-0.2, -0.15) is 5.10 Å². The topological polar surface area (TPSA) is 93.1 Å². The summed E-state index contributed by atoms with van der Waals surface area (Å²) in [5, 5.41) is 9.93. The van der Waals surface area contributed by atoms with Gasteiger partial charge < -0.3 is 10.6 Å². The third-order valence-electron chi connectivity index (χ3n) is 4.66. The second-order valence-corrected chi connectivity index (χ2v) is 6.63. The van der Waals surface area contributed by atoms with Crippen molar-refractivity contribution in [3.8, 4) is 22.4 Å². The van der Waals surface area contributed by atoms with Crippen molar-refractivity contribution in [2.75, 3.05) is 13.1 Å². The highest BCUT2D eigenvalue weighted by molar-refractivity contribution is 6.03. The van der Waals surface area contributed by atoms with Crippen molar-refractivity contribution in [1.29, 1.82) is 0 Å². The summed E-state index contributed by atoms with van der Waals surface area (Å²) in [6, 6.07) is 18.9. The number of amides is 2. The van der Waals surface area contributed by atoms with E-state index in [0.29, 0.717) is 43.7 Å². The maximum atomic E-state index is 13.1. The number of hydrogen-bond donors (Lipinski definition) is 2. The van der Waals surface area contributed by atoms with Crippen molar-refractivity contribution < 1.29 is 9.59 Å². The normalized spacial score (nSPS) is 10.4. The lowest BCUT2D eigenvalue weighted by molar-refractivity contribution is -0.109. The third kappa shape index (κ3) is 4.63. The number of nitrogens with zero attached hydrogens (tertiary/aromatic N) is 2. The molecule has 7 nitrogen and oxygen atoms in total. The van der Waals surface area contributed by atoms with Crippen molar-refractivity contribution in [1.82, 2.24) is 20.4 Å². The van der Waals surface area contributed by atoms with Crippen LogP contribution < -0.4 is 16.2 Å². The van der Waals surface area contributed by atoms with Crippen LogP contribution >= 0.6 is 0 Å². The van der Waals surface area contributed by atoms with Gasteiger partial charge in [-0.3, -0.25) is 14.4 Å². The molecule has 2 amide bonds. The average Bonchev–Trinajstić information content (AvgIpc) is 2.79. The van der Waals surface area contributed by atoms with Crippen LogP contribution in [0, 0.1) is 0 Å². The molecule has 0 aliphatic rings. The first kappa shape index (κ1) is 21.0. The van der Waals surface area contributed by atoms with E-state index in [1.54, 1.807) is 0 Å². The average molecular weight is 404 g/mol. The lowest BCUT2D eigenvalue weighted by Crippen LogP contribution is -2.36. The van der Waals surface area contributed by atoms with Gasteiger partial charge in [0.05, 0.1) is 5.69 Å². The maximum absolute atomic E-state index is 13.1. The Balaban J connectivity index is 2.15. The lowest BCUT2D eigenvalue weighted by Gasteiger charge is -2.16. The first-order valence-corrected chi connectivity index (χ1v) is 9.88. The Kier molecular flexibility index (Phi) is 7.10. The van der Waals surface area contributed by atoms with Crippen molar-refractivity contribution in [3.63, 3.8) is 0 Å². The Bertz CT molecular complexity index is 1060. The molecule has 2 N–H and O–H groups in total. The van der Waals surface area contributed by atoms with Gasteiger partial charge in [0.2, 0.25) is 6.41 Å². The summed E-state index contributed by atoms with van der Waals surface area (Å²) in [5.74, 6) is -0.452. The van der Waals surface area contributed by atoms with Crippen LogP contribution in [0.15, 0.2) is 65.5 Å². The molecule has 30 heavy (non-hydrogen) atoms. The first-order valence-electron chi connectivity index (χ1n) is 9.88. The van der Waals surface area contributed by atoms with Gasteiger partial charge in [-0.05, 0) is 18.9 Å². The van der Waals surface area contributed by atoms with Gasteiger partial charge in [0, 0.05) is 30.8 Å². The minimum absolute atomic E-state index is 0.0697. The Morgan fingerprint density at radius 2 is 1.63 bits per heavy atom. The molecule has 3 aromatic rings. The molecule has 0 atom stereocenters. The van der Waals surface area contributed by atoms with E-state index in [-0.39, 0.29) is 5.56 Å². The number of aromatic nitrogens is 2. The van der Waals surface area contributed by atoms with Gasteiger partial charge in [-0.25, -0.2) is 4.68 Å². The fraction of sp³-hybridized carbons (Fsp3) is 0.217. The van der Waals surface area contributed by atoms with Crippen LogP contribution in [0.25, 0.3) is 22.4 Å². The fourth-order valence-corrected chi connectivity index (χ4v) is 3.22. The summed E-state index contributed by atoms with van der Waals surface area (Å²) < 4.78 is 1.32. The second kappa shape index (κ2) is 10.2. The van der Waals surface area contributed by atoms with E-state index < -0.39 is 11.5 Å². The number of carbonyl (C=O) groups excluding carboxylic acids is 2. The second-order valence-electron chi connectivity index (χ2n) is 6.63. The van der Waals surface area contributed by atoms with Crippen molar-refractivity contribution >= 4 is 12.3 Å². The molecule has 0 bridgehead atoms. The van der Waals surface area contributed by atoms with Crippen LogP contribution in [-0.2, 0) is 11.3 Å². The van der Waals surface area contributed by atoms with E-state index in [2.05, 4.69) is 15.7 Å². The fourth-order valence-electron chi connectivity index (χ4n) is 3.22. The highest BCUT2D eigenvalue weighted by Gasteiger charge is 2.24. The molecule has 0 radical (unpaired) electrons. The van der Waals surface area contributed by atoms with Gasteiger partial charge in [0.15, 0.2) is 0 Å². The van der Waals surface area contributed by atoms with E-state index in [9.17, 15) is 14.4 Å². The molecule has 0 aliphatic carbocycles. The SMILES string of the molecule is CCn1nc(-c2ccccc2)c(-c2ccccc2)c(C(=O)NCCCNC=O)c1=O. The Hall–Kier alpha value is -3.74. The van der Waals surface area contributed by atoms with Crippen molar-refractivity contribution in [3.05, 3.63) is 76.6 Å². The highest BCUT2D eigenvalue weighted by atomic mass is 16.2. The summed E-state index contributed by atoms with van der Waals surface area (Å²) in [6.45, 7) is 2.94. The summed E-state index contributed by atoms with van der Waals surface area (Å²) in [5.41, 5.74) is 2.30. The standard InChI is InChI=1S/C23H24N4O3/c1-2-27-23(30)20(22(29)25-15-9-14-24-16-28)19(17-10-5-3-6-11-17)21(26-27)18-12-7-4-8-13-18/h3-8,10-13,16H,2,9,14-15H2,1H3,(H,24,28)(H,25,29). The zero-order chi connectivity index (χ0) is 21.3. The van der Waals surface area contributed by atoms with Crippen LogP contribution in [-0.4, -0.2) is 35.2 Å². The van der Waals surface area contributed by atoms with Crippen LogP contribution in [0.2, 0.25) is 0 Å². The molecule has 154 valence electrons. The van der Waals surface area contributed by atoms with E-state index in [0.717, 1.165) is 11.1 Å². The Labute approximate surface area is 174 Å². The number of aryl methyl sites for hydroxylation is 1. The van der Waals surface area contributed by atoms with Gasteiger partial charge in [0.25, 0.3) is 11.5 Å². The molecule has 0 fully saturated rings. The van der Waals surface area contributed by atoms with E-state index in [1.165, 1.54) is 4.68 Å². The quantitative estimate of drug-likeness (QED) is 0.423. The van der Waals surface area contributed by atoms with Crippen molar-refractivity contribution in [2.24, 2.45) is 0 Å². The van der Waals surface area contributed by atoms with Gasteiger partial charge in [-0.1, -0.05) is 60.7 Å². The summed E-state index contributed by atoms with van der Waals surface area (Å²) >= 11 is 0. The molecule has 0 spiro atoms. The summed E-state index contributed by atoms with van der Waals surface area (Å²) in [4.78, 5) is 36.6. The Morgan fingerprint density at radius 3 is 2.23 bits per heavy atom. The molecule has 7 heteroatoms. The molecule has 3 rings (SSSR count). The predicted octanol–water partition coefficient (Wildman–Crippen LogP) is 2.46. The highest BCUT2D eigenvalue weighted by Crippen LogP contribution is 2.31. The van der Waals surface area contributed by atoms with Crippen LogP contribution in [0.4, 0.5) is 0 Å². The molecular formula is C23H24N4O3. The van der Waals surface area contributed by atoms with Crippen LogP contribution in [0.3, 0.4) is 0 Å². The number of rotatable bonds is 9. The van der Waals surface area contributed by atoms with E-state index >= 15 is 0 Å². The molecule has 0 aliphatic heterocycles. The van der Waals surface area contributed by atoms with Gasteiger partial charge in [0.1, 0.15) is 5.56 Å². The molecule has 0 saturated carbocycles. The minimum Gasteiger partial charge on any atom is -0.359 e. The maximum Gasteiger partial charge on any atom is 0.280 e. The number of carbonyl (C=O) groups is 2. The van der Waals surface area contributed by atoms with E-state index in [4.69, 9.17) is 0 Å². The van der Waals surface area contributed by atoms with Crippen LogP contribution in [0.1, 0.15) is 23.7 Å². The Morgan fingerprint density at radius 1 is 1.00 bits per heavy atom. The third-order valence-corrected chi connectivity index (χ3v) is 4.66. The summed E-state index contributed by atoms with van der Waals surface area (Å²) in [6.07, 6.45) is 1.17. The molecule has 2 aromatic carbocycles. The van der Waals surface area contributed by atoms with Crippen LogP contribution in [0.5, 0.6) is 0 Å². The number of nitrogens with one attached hydrogen (secondary N) is 2. The monoisotopic (exact) mass is 404 g/mol. The zero-order valence-electron chi connectivity index (χ0n) is 16.8. The molecular weight excluding hydrogens is 380 g/mol. The molecule has 0 saturated heterocycles. The molecule has 0 unspecified atom stereocenters. The largest absolute Gasteiger partial charge is 0.359 e.